The first-order chi connectivity index (χ1) is 16.8. The van der Waals surface area contributed by atoms with Gasteiger partial charge in [0.2, 0.25) is 5.91 Å². The minimum atomic E-state index is -3.96. The number of ether oxygens (including phenoxy) is 1. The molecule has 4 rings (SSSR count). The minimum Gasteiger partial charge on any atom is -0.457 e. The molecule has 7 heteroatoms. The summed E-state index contributed by atoms with van der Waals surface area (Å²) in [5.74, 6) is 0.870. The van der Waals surface area contributed by atoms with Crippen molar-refractivity contribution in [3.05, 3.63) is 114 Å². The summed E-state index contributed by atoms with van der Waals surface area (Å²) in [6.07, 6.45) is 0. The van der Waals surface area contributed by atoms with Gasteiger partial charge in [0.1, 0.15) is 18.0 Å². The Bertz CT molecular complexity index is 1380. The van der Waals surface area contributed by atoms with Crippen LogP contribution in [0.25, 0.3) is 0 Å². The molecule has 35 heavy (non-hydrogen) atoms. The molecule has 0 heterocycles. The zero-order valence-electron chi connectivity index (χ0n) is 19.5. The van der Waals surface area contributed by atoms with Crippen LogP contribution in [0.15, 0.2) is 108 Å². The van der Waals surface area contributed by atoms with Crippen LogP contribution < -0.4 is 14.4 Å². The summed E-state index contributed by atoms with van der Waals surface area (Å²) >= 11 is 0. The lowest BCUT2D eigenvalue weighted by molar-refractivity contribution is -0.114. The van der Waals surface area contributed by atoms with Crippen LogP contribution in [0.5, 0.6) is 11.5 Å². The first-order valence-corrected chi connectivity index (χ1v) is 12.5. The van der Waals surface area contributed by atoms with Crippen LogP contribution in [0, 0.1) is 13.8 Å². The molecule has 1 N–H and O–H groups in total. The van der Waals surface area contributed by atoms with Gasteiger partial charge in [0.05, 0.1) is 10.6 Å². The molecule has 0 fully saturated rings. The van der Waals surface area contributed by atoms with E-state index in [-0.39, 0.29) is 11.4 Å². The zero-order chi connectivity index (χ0) is 24.8. The molecular weight excluding hydrogens is 460 g/mol. The summed E-state index contributed by atoms with van der Waals surface area (Å²) in [7, 11) is -3.96. The largest absolute Gasteiger partial charge is 0.457 e. The minimum absolute atomic E-state index is 0.124. The van der Waals surface area contributed by atoms with E-state index >= 15 is 0 Å². The zero-order valence-corrected chi connectivity index (χ0v) is 20.3. The van der Waals surface area contributed by atoms with Crippen molar-refractivity contribution in [3.63, 3.8) is 0 Å². The van der Waals surface area contributed by atoms with E-state index in [9.17, 15) is 13.2 Å². The Labute approximate surface area is 205 Å². The van der Waals surface area contributed by atoms with Gasteiger partial charge in [0, 0.05) is 5.69 Å². The number of para-hydroxylation sites is 1. The van der Waals surface area contributed by atoms with Crippen LogP contribution >= 0.6 is 0 Å². The normalized spacial score (nSPS) is 11.0. The van der Waals surface area contributed by atoms with E-state index in [2.05, 4.69) is 5.32 Å². The average Bonchev–Trinajstić information content (AvgIpc) is 2.85. The SMILES string of the molecule is Cc1ccc(N(CC(=O)Nc2ccc(Oc3ccccc3)cc2)S(=O)(=O)c2ccc(C)cc2)cc1. The Morgan fingerprint density at radius 3 is 1.89 bits per heavy atom. The molecule has 4 aromatic carbocycles. The number of carbonyl (C=O) groups is 1. The van der Waals surface area contributed by atoms with Gasteiger partial charge >= 0.3 is 0 Å². The number of amides is 1. The molecule has 0 atom stereocenters. The Hall–Kier alpha value is -4.10. The highest BCUT2D eigenvalue weighted by Gasteiger charge is 2.27. The van der Waals surface area contributed by atoms with E-state index in [4.69, 9.17) is 4.74 Å². The fourth-order valence-corrected chi connectivity index (χ4v) is 4.85. The summed E-state index contributed by atoms with van der Waals surface area (Å²) in [5.41, 5.74) is 2.89. The first-order valence-electron chi connectivity index (χ1n) is 11.1. The molecule has 178 valence electrons. The Kier molecular flexibility index (Phi) is 7.17. The van der Waals surface area contributed by atoms with Crippen LogP contribution in [0.3, 0.4) is 0 Å². The lowest BCUT2D eigenvalue weighted by Gasteiger charge is -2.24. The van der Waals surface area contributed by atoms with E-state index < -0.39 is 15.9 Å². The maximum absolute atomic E-state index is 13.5. The van der Waals surface area contributed by atoms with E-state index in [0.29, 0.717) is 22.9 Å². The highest BCUT2D eigenvalue weighted by atomic mass is 32.2. The maximum atomic E-state index is 13.5. The Morgan fingerprint density at radius 1 is 0.743 bits per heavy atom. The van der Waals surface area contributed by atoms with Crippen LogP contribution in [0.1, 0.15) is 11.1 Å². The highest BCUT2D eigenvalue weighted by Crippen LogP contribution is 2.26. The van der Waals surface area contributed by atoms with Crippen molar-refractivity contribution in [2.45, 2.75) is 18.7 Å². The first kappa shape index (κ1) is 24.0. The molecule has 0 aliphatic rings. The molecule has 0 aliphatic carbocycles. The number of aryl methyl sites for hydroxylation is 2. The second-order valence-corrected chi connectivity index (χ2v) is 10.0. The molecule has 0 saturated heterocycles. The number of hydrogen-bond donors (Lipinski definition) is 1. The molecule has 0 spiro atoms. The summed E-state index contributed by atoms with van der Waals surface area (Å²) in [5, 5.41) is 2.78. The lowest BCUT2D eigenvalue weighted by Crippen LogP contribution is -2.38. The number of sulfonamides is 1. The molecule has 0 unspecified atom stereocenters. The van der Waals surface area contributed by atoms with Gasteiger partial charge in [-0.15, -0.1) is 0 Å². The molecule has 4 aromatic rings. The van der Waals surface area contributed by atoms with Gasteiger partial charge in [-0.3, -0.25) is 9.10 Å². The van der Waals surface area contributed by atoms with Crippen molar-refractivity contribution < 1.29 is 17.9 Å². The second-order valence-electron chi connectivity index (χ2n) is 8.15. The number of rotatable bonds is 8. The molecule has 0 bridgehead atoms. The van der Waals surface area contributed by atoms with Crippen LogP contribution in [-0.4, -0.2) is 20.9 Å². The van der Waals surface area contributed by atoms with E-state index in [0.717, 1.165) is 15.4 Å². The van der Waals surface area contributed by atoms with Crippen molar-refractivity contribution in [1.82, 2.24) is 0 Å². The van der Waals surface area contributed by atoms with Gasteiger partial charge in [-0.2, -0.15) is 0 Å². The van der Waals surface area contributed by atoms with Gasteiger partial charge in [-0.25, -0.2) is 8.42 Å². The number of benzene rings is 4. The topological polar surface area (TPSA) is 75.7 Å². The van der Waals surface area contributed by atoms with Crippen molar-refractivity contribution in [3.8, 4) is 11.5 Å². The monoisotopic (exact) mass is 486 g/mol. The summed E-state index contributed by atoms with van der Waals surface area (Å²) in [6.45, 7) is 3.43. The van der Waals surface area contributed by atoms with E-state index in [1.165, 1.54) is 0 Å². The Balaban J connectivity index is 1.52. The summed E-state index contributed by atoms with van der Waals surface area (Å²) in [4.78, 5) is 13.0. The van der Waals surface area contributed by atoms with Gasteiger partial charge < -0.3 is 10.1 Å². The molecule has 0 radical (unpaired) electrons. The Morgan fingerprint density at radius 2 is 1.29 bits per heavy atom. The number of nitrogens with one attached hydrogen (secondary N) is 1. The number of hydrogen-bond acceptors (Lipinski definition) is 4. The van der Waals surface area contributed by atoms with Crippen LogP contribution in [0.4, 0.5) is 11.4 Å². The van der Waals surface area contributed by atoms with Crippen molar-refractivity contribution >= 4 is 27.3 Å². The molecule has 0 aromatic heterocycles. The second kappa shape index (κ2) is 10.4. The van der Waals surface area contributed by atoms with Gasteiger partial charge in [-0.1, -0.05) is 53.6 Å². The lowest BCUT2D eigenvalue weighted by atomic mass is 10.2. The third kappa shape index (κ3) is 6.07. The fourth-order valence-electron chi connectivity index (χ4n) is 3.43. The van der Waals surface area contributed by atoms with Gasteiger partial charge in [0.25, 0.3) is 10.0 Å². The molecule has 0 saturated carbocycles. The summed E-state index contributed by atoms with van der Waals surface area (Å²) < 4.78 is 33.8. The third-order valence-electron chi connectivity index (χ3n) is 5.34. The third-order valence-corrected chi connectivity index (χ3v) is 7.12. The smallest absolute Gasteiger partial charge is 0.264 e. The number of anilines is 2. The van der Waals surface area contributed by atoms with Crippen molar-refractivity contribution in [1.29, 1.82) is 0 Å². The van der Waals surface area contributed by atoms with E-state index in [1.807, 2.05) is 56.3 Å². The predicted molar refractivity (Wildman–Crippen MR) is 138 cm³/mol. The highest BCUT2D eigenvalue weighted by molar-refractivity contribution is 7.92. The van der Waals surface area contributed by atoms with Crippen molar-refractivity contribution in [2.24, 2.45) is 0 Å². The van der Waals surface area contributed by atoms with Crippen molar-refractivity contribution in [2.75, 3.05) is 16.2 Å². The maximum Gasteiger partial charge on any atom is 0.264 e. The van der Waals surface area contributed by atoms with Crippen LogP contribution in [-0.2, 0) is 14.8 Å². The molecule has 6 nitrogen and oxygen atoms in total. The average molecular weight is 487 g/mol. The fraction of sp³-hybridized carbons (Fsp3) is 0.107. The molecule has 0 aliphatic heterocycles. The van der Waals surface area contributed by atoms with E-state index in [1.54, 1.807) is 60.7 Å². The molecular formula is C28H26N2O4S. The van der Waals surface area contributed by atoms with Gasteiger partial charge in [-0.05, 0) is 74.5 Å². The molecule has 1 amide bonds. The predicted octanol–water partition coefficient (Wildman–Crippen LogP) is 5.93. The number of carbonyl (C=O) groups excluding carboxylic acids is 1. The summed E-state index contributed by atoms with van der Waals surface area (Å²) in [6, 6.07) is 29.9. The number of nitrogens with zero attached hydrogens (tertiary/aromatic N) is 1. The van der Waals surface area contributed by atoms with Crippen LogP contribution in [0.2, 0.25) is 0 Å². The quantitative estimate of drug-likeness (QED) is 0.335. The van der Waals surface area contributed by atoms with Gasteiger partial charge in [0.15, 0.2) is 0 Å². The standard InChI is InChI=1S/C28H26N2O4S/c1-21-8-14-24(15-9-21)30(35(32,33)27-18-10-22(2)11-19-27)20-28(31)29-23-12-16-26(17-13-23)34-25-6-4-3-5-7-25/h3-19H,20H2,1-2H3,(H,29,31).